The van der Waals surface area contributed by atoms with Gasteiger partial charge >= 0.3 is 6.18 Å². The Hall–Kier alpha value is -5.82. The lowest BCUT2D eigenvalue weighted by molar-refractivity contribution is -0.405. The Labute approximate surface area is 324 Å². The number of halogens is 3. The number of carboxylic acids is 1. The van der Waals surface area contributed by atoms with Crippen molar-refractivity contribution in [1.82, 2.24) is 15.5 Å². The summed E-state index contributed by atoms with van der Waals surface area (Å²) in [5.74, 6) is -3.34. The van der Waals surface area contributed by atoms with Gasteiger partial charge in [-0.1, -0.05) is 115 Å². The third-order valence-corrected chi connectivity index (χ3v) is 9.53. The SMILES string of the molecule is O=C([O-])C(F)(F)F.[NH3+][C@@H](CCCCNC(=O)[C@@H]1Cc2ccccc2CN1C(=O)CCCC(=O)c1ccccc1)C(=O)NCC(c1ccccc1)c1ccccc1. The molecule has 0 fully saturated rings. The molecule has 0 bridgehead atoms. The number of aliphatic carboxylic acids is 1. The van der Waals surface area contributed by atoms with Crippen LogP contribution in [0.1, 0.15) is 77.1 Å². The number of rotatable bonds is 16. The zero-order valence-electron chi connectivity index (χ0n) is 31.0. The maximum atomic E-state index is 13.4. The molecule has 2 atom stereocenters. The molecule has 56 heavy (non-hydrogen) atoms. The number of carboxylic acid groups (broad SMARTS) is 1. The van der Waals surface area contributed by atoms with E-state index in [9.17, 15) is 32.3 Å². The van der Waals surface area contributed by atoms with E-state index in [-0.39, 0.29) is 42.3 Å². The second-order valence-electron chi connectivity index (χ2n) is 13.5. The number of unbranched alkanes of at least 4 members (excludes halogenated alkanes) is 1. The Bertz CT molecular complexity index is 1850. The third-order valence-electron chi connectivity index (χ3n) is 9.53. The molecule has 3 amide bonds. The summed E-state index contributed by atoms with van der Waals surface area (Å²) in [6.07, 6.45) is -1.80. The number of amides is 3. The van der Waals surface area contributed by atoms with Crippen molar-refractivity contribution >= 4 is 29.5 Å². The highest BCUT2D eigenvalue weighted by Gasteiger charge is 2.34. The largest absolute Gasteiger partial charge is 0.542 e. The molecule has 0 unspecified atom stereocenters. The van der Waals surface area contributed by atoms with Gasteiger partial charge in [-0.15, -0.1) is 0 Å². The molecule has 1 heterocycles. The summed E-state index contributed by atoms with van der Waals surface area (Å²) in [5.41, 5.74) is 9.15. The molecular formula is C43H47F3N4O6. The van der Waals surface area contributed by atoms with Crippen molar-refractivity contribution in [2.24, 2.45) is 0 Å². The van der Waals surface area contributed by atoms with E-state index in [1.807, 2.05) is 78.9 Å². The number of nitrogens with one attached hydrogen (secondary N) is 2. The first-order valence-corrected chi connectivity index (χ1v) is 18.6. The van der Waals surface area contributed by atoms with Crippen LogP contribution in [0.5, 0.6) is 0 Å². The van der Waals surface area contributed by atoms with Crippen molar-refractivity contribution in [2.75, 3.05) is 13.1 Å². The Morgan fingerprint density at radius 1 is 0.732 bits per heavy atom. The minimum absolute atomic E-state index is 0.0113. The molecule has 4 aromatic rings. The van der Waals surface area contributed by atoms with Gasteiger partial charge in [0.25, 0.3) is 5.91 Å². The predicted octanol–water partition coefficient (Wildman–Crippen LogP) is 4.14. The maximum Gasteiger partial charge on any atom is 0.430 e. The third kappa shape index (κ3) is 13.2. The van der Waals surface area contributed by atoms with Gasteiger partial charge < -0.3 is 31.2 Å². The van der Waals surface area contributed by atoms with Crippen LogP contribution in [0.2, 0.25) is 0 Å². The van der Waals surface area contributed by atoms with Gasteiger partial charge in [-0.25, -0.2) is 0 Å². The number of quaternary nitrogens is 1. The number of nitrogens with zero attached hydrogens (tertiary/aromatic N) is 1. The number of fused-ring (bicyclic) bond motifs is 1. The van der Waals surface area contributed by atoms with Crippen molar-refractivity contribution in [3.05, 3.63) is 143 Å². The normalized spacial score (nSPS) is 14.1. The van der Waals surface area contributed by atoms with Crippen molar-refractivity contribution in [2.45, 2.75) is 75.7 Å². The van der Waals surface area contributed by atoms with E-state index in [4.69, 9.17) is 9.90 Å². The molecule has 5 N–H and O–H groups in total. The molecule has 0 aliphatic carbocycles. The molecule has 1 aliphatic rings. The summed E-state index contributed by atoms with van der Waals surface area (Å²) in [4.78, 5) is 62.8. The van der Waals surface area contributed by atoms with Gasteiger partial charge in [0.2, 0.25) is 11.8 Å². The topological polar surface area (TPSA) is 163 Å². The van der Waals surface area contributed by atoms with Gasteiger partial charge in [-0.3, -0.25) is 19.2 Å². The van der Waals surface area contributed by atoms with Gasteiger partial charge in [0.1, 0.15) is 12.0 Å². The van der Waals surface area contributed by atoms with E-state index in [1.165, 1.54) is 0 Å². The zero-order chi connectivity index (χ0) is 40.5. The first kappa shape index (κ1) is 42.9. The molecule has 10 nitrogen and oxygen atoms in total. The molecule has 1 aliphatic heterocycles. The molecule has 5 rings (SSSR count). The number of alkyl halides is 3. The quantitative estimate of drug-likeness (QED) is 0.115. The Balaban J connectivity index is 0.000000908. The first-order valence-electron chi connectivity index (χ1n) is 18.6. The number of Topliss-reactive ketones (excluding diaryl/α,β-unsaturated/α-hetero) is 1. The van der Waals surface area contributed by atoms with E-state index >= 15 is 0 Å². The highest BCUT2D eigenvalue weighted by molar-refractivity contribution is 5.96. The summed E-state index contributed by atoms with van der Waals surface area (Å²) in [7, 11) is 0. The van der Waals surface area contributed by atoms with E-state index in [0.29, 0.717) is 50.9 Å². The van der Waals surface area contributed by atoms with E-state index in [2.05, 4.69) is 40.6 Å². The smallest absolute Gasteiger partial charge is 0.430 e. The van der Waals surface area contributed by atoms with Crippen LogP contribution in [-0.2, 0) is 32.1 Å². The Kier molecular flexibility index (Phi) is 16.3. The second-order valence-corrected chi connectivity index (χ2v) is 13.5. The molecule has 296 valence electrons. The Morgan fingerprint density at radius 3 is 1.84 bits per heavy atom. The van der Waals surface area contributed by atoms with Crippen LogP contribution in [0.25, 0.3) is 0 Å². The molecule has 0 radical (unpaired) electrons. The minimum Gasteiger partial charge on any atom is -0.542 e. The molecule has 4 aromatic carbocycles. The van der Waals surface area contributed by atoms with Crippen LogP contribution in [0.4, 0.5) is 13.2 Å². The fraction of sp³-hybridized carbons (Fsp3) is 0.326. The monoisotopic (exact) mass is 772 g/mol. The summed E-state index contributed by atoms with van der Waals surface area (Å²) in [5, 5.41) is 14.9. The average molecular weight is 773 g/mol. The van der Waals surface area contributed by atoms with Crippen LogP contribution >= 0.6 is 0 Å². The molecule has 0 saturated carbocycles. The predicted molar refractivity (Wildman–Crippen MR) is 201 cm³/mol. The second kappa shape index (κ2) is 21.3. The van der Waals surface area contributed by atoms with Crippen molar-refractivity contribution in [1.29, 1.82) is 0 Å². The Morgan fingerprint density at radius 2 is 1.27 bits per heavy atom. The maximum absolute atomic E-state index is 13.4. The van der Waals surface area contributed by atoms with Gasteiger partial charge in [0.15, 0.2) is 11.8 Å². The first-order chi connectivity index (χ1) is 26.8. The zero-order valence-corrected chi connectivity index (χ0v) is 31.0. The van der Waals surface area contributed by atoms with Crippen LogP contribution in [0, 0.1) is 0 Å². The van der Waals surface area contributed by atoms with E-state index < -0.39 is 24.2 Å². The lowest BCUT2D eigenvalue weighted by Crippen LogP contribution is -2.67. The highest BCUT2D eigenvalue weighted by Crippen LogP contribution is 2.26. The summed E-state index contributed by atoms with van der Waals surface area (Å²) >= 11 is 0. The van der Waals surface area contributed by atoms with Gasteiger partial charge in [0.05, 0.1) is 0 Å². The van der Waals surface area contributed by atoms with E-state index in [1.54, 1.807) is 17.0 Å². The fourth-order valence-electron chi connectivity index (χ4n) is 6.45. The minimum atomic E-state index is -5.19. The number of carbonyl (C=O) groups is 5. The molecule has 0 saturated heterocycles. The number of hydrogen-bond donors (Lipinski definition) is 3. The lowest BCUT2D eigenvalue weighted by atomic mass is 9.91. The number of benzene rings is 4. The average Bonchev–Trinajstić information content (AvgIpc) is 3.21. The van der Waals surface area contributed by atoms with Crippen molar-refractivity contribution < 1.29 is 48.0 Å². The van der Waals surface area contributed by atoms with Crippen LogP contribution in [-0.4, -0.2) is 65.7 Å². The van der Waals surface area contributed by atoms with Crippen LogP contribution in [0.3, 0.4) is 0 Å². The van der Waals surface area contributed by atoms with Crippen LogP contribution < -0.4 is 21.5 Å². The summed E-state index contributed by atoms with van der Waals surface area (Å²) in [6.45, 7) is 1.30. The number of hydrogen-bond acceptors (Lipinski definition) is 6. The van der Waals surface area contributed by atoms with Gasteiger partial charge in [-0.2, -0.15) is 13.2 Å². The summed E-state index contributed by atoms with van der Waals surface area (Å²) in [6, 6.07) is 36.3. The number of ketones is 1. The standard InChI is InChI=1S/C41H46N4O4.C2HF3O2/c42-36(40(48)44-28-35(30-15-4-1-5-16-30)31-17-6-2-7-18-31)23-12-13-26-43-41(49)37-27-33-21-10-11-22-34(33)29-45(37)39(47)25-14-24-38(46)32-19-8-3-9-20-32;3-2(4,5)1(6)7/h1-11,15-22,35-37H,12-14,23-29,42H2,(H,43,49)(H,44,48);(H,6,7)/t36-,37-;/m0./s1. The number of carbonyl (C=O) groups excluding carboxylic acids is 5. The van der Waals surface area contributed by atoms with Gasteiger partial charge in [-0.05, 0) is 41.5 Å². The highest BCUT2D eigenvalue weighted by atomic mass is 19.4. The van der Waals surface area contributed by atoms with Gasteiger partial charge in [0, 0.05) is 56.8 Å². The van der Waals surface area contributed by atoms with Crippen molar-refractivity contribution in [3.8, 4) is 0 Å². The molecular weight excluding hydrogens is 725 g/mol. The van der Waals surface area contributed by atoms with Crippen LogP contribution in [0.15, 0.2) is 115 Å². The lowest BCUT2D eigenvalue weighted by Gasteiger charge is -2.36. The summed E-state index contributed by atoms with van der Waals surface area (Å²) < 4.78 is 31.5. The molecule has 0 spiro atoms. The fourth-order valence-corrected chi connectivity index (χ4v) is 6.45. The van der Waals surface area contributed by atoms with Crippen molar-refractivity contribution in [3.63, 3.8) is 0 Å². The molecule has 13 heteroatoms. The van der Waals surface area contributed by atoms with E-state index in [0.717, 1.165) is 28.7 Å². The molecule has 0 aromatic heterocycles.